The highest BCUT2D eigenvalue weighted by Gasteiger charge is 2.33. The van der Waals surface area contributed by atoms with E-state index < -0.39 is 11.9 Å². The lowest BCUT2D eigenvalue weighted by Crippen LogP contribution is -2.47. The lowest BCUT2D eigenvalue weighted by molar-refractivity contribution is -0.141. The minimum Gasteiger partial charge on any atom is -0.461 e. The minimum atomic E-state index is -0.858. The summed E-state index contributed by atoms with van der Waals surface area (Å²) < 4.78 is 5.68. The van der Waals surface area contributed by atoms with Crippen LogP contribution in [0.1, 0.15) is 58.7 Å². The van der Waals surface area contributed by atoms with E-state index in [9.17, 15) is 19.2 Å². The number of amides is 4. The number of aromatic nitrogens is 1. The van der Waals surface area contributed by atoms with Crippen molar-refractivity contribution in [3.8, 4) is 0 Å². The number of furan rings is 1. The van der Waals surface area contributed by atoms with Gasteiger partial charge in [0, 0.05) is 62.0 Å². The maximum absolute atomic E-state index is 13.8. The predicted octanol–water partition coefficient (Wildman–Crippen LogP) is 3.72. The fourth-order valence-electron chi connectivity index (χ4n) is 5.81. The fourth-order valence-corrected chi connectivity index (χ4v) is 5.81. The van der Waals surface area contributed by atoms with Gasteiger partial charge in [0.25, 0.3) is 11.8 Å². The van der Waals surface area contributed by atoms with Gasteiger partial charge in [0.2, 0.25) is 17.8 Å². The number of carbonyl (C=O) groups excluding carboxylic acids is 4. The number of hydrogen-bond donors (Lipinski definition) is 2. The van der Waals surface area contributed by atoms with Gasteiger partial charge in [-0.2, -0.15) is 0 Å². The molecule has 0 radical (unpaired) electrons. The quantitative estimate of drug-likeness (QED) is 0.123. The van der Waals surface area contributed by atoms with Crippen LogP contribution in [-0.4, -0.2) is 102 Å². The molecule has 2 saturated heterocycles. The van der Waals surface area contributed by atoms with Crippen LogP contribution < -0.4 is 10.6 Å². The molecule has 2 unspecified atom stereocenters. The second-order valence-electron chi connectivity index (χ2n) is 11.9. The van der Waals surface area contributed by atoms with E-state index in [1.807, 2.05) is 19.1 Å². The Morgan fingerprint density at radius 2 is 1.94 bits per heavy atom. The molecule has 0 bridgehead atoms. The van der Waals surface area contributed by atoms with Crippen molar-refractivity contribution < 1.29 is 23.6 Å². The van der Waals surface area contributed by atoms with Crippen molar-refractivity contribution >= 4 is 46.2 Å². The highest BCUT2D eigenvalue weighted by Crippen LogP contribution is 2.24. The molecule has 4 heterocycles. The number of benzene rings is 1. The van der Waals surface area contributed by atoms with Crippen LogP contribution >= 0.6 is 0 Å². The van der Waals surface area contributed by atoms with E-state index >= 15 is 0 Å². The lowest BCUT2D eigenvalue weighted by atomic mass is 10.1. The summed E-state index contributed by atoms with van der Waals surface area (Å²) in [6.45, 7) is 2.90. The number of nitrogens with zero attached hydrogens (tertiary/aromatic N) is 8. The molecule has 2 aromatic heterocycles. The molecule has 4 amide bonds. The SMILES string of the molecule is Cc1cc2cc(NC(=NC3CCCCN(CC(=O)N4CCCC4CN=[N+]=[N-])C3=O)NC(=O)c3ccc(C(=O)N(C)C)nc3)ccc2o1. The third-order valence-electron chi connectivity index (χ3n) is 8.20. The zero-order valence-electron chi connectivity index (χ0n) is 26.7. The van der Waals surface area contributed by atoms with Crippen LogP contribution in [-0.2, 0) is 9.59 Å². The molecule has 5 rings (SSSR count). The van der Waals surface area contributed by atoms with Gasteiger partial charge in [-0.25, -0.2) is 4.99 Å². The normalized spacial score (nSPS) is 18.4. The average molecular weight is 643 g/mol. The first-order chi connectivity index (χ1) is 22.6. The summed E-state index contributed by atoms with van der Waals surface area (Å²) in [7, 11) is 3.23. The summed E-state index contributed by atoms with van der Waals surface area (Å²) in [5.74, 6) is -0.553. The Hall–Kier alpha value is -5.43. The van der Waals surface area contributed by atoms with Crippen LogP contribution in [0, 0.1) is 6.92 Å². The van der Waals surface area contributed by atoms with Crippen molar-refractivity contribution in [1.82, 2.24) is 25.0 Å². The Kier molecular flexibility index (Phi) is 10.4. The Morgan fingerprint density at radius 3 is 2.68 bits per heavy atom. The summed E-state index contributed by atoms with van der Waals surface area (Å²) in [6, 6.07) is 9.24. The molecular formula is C32H38N10O5. The third kappa shape index (κ3) is 8.05. The minimum absolute atomic E-state index is 0.0449. The van der Waals surface area contributed by atoms with Crippen molar-refractivity contribution in [2.24, 2.45) is 10.1 Å². The summed E-state index contributed by atoms with van der Waals surface area (Å²) in [5.41, 5.74) is 10.4. The number of likely N-dealkylation sites (tertiary alicyclic amines) is 2. The largest absolute Gasteiger partial charge is 0.461 e. The van der Waals surface area contributed by atoms with Crippen LogP contribution in [0.25, 0.3) is 21.4 Å². The second-order valence-corrected chi connectivity index (χ2v) is 11.9. The van der Waals surface area contributed by atoms with Gasteiger partial charge in [0.05, 0.1) is 12.1 Å². The number of hydrogen-bond acceptors (Lipinski definition) is 8. The molecule has 15 heteroatoms. The van der Waals surface area contributed by atoms with Crippen LogP contribution in [0.2, 0.25) is 0 Å². The van der Waals surface area contributed by atoms with Gasteiger partial charge in [-0.15, -0.1) is 0 Å². The predicted molar refractivity (Wildman–Crippen MR) is 175 cm³/mol. The number of anilines is 1. The van der Waals surface area contributed by atoms with E-state index in [4.69, 9.17) is 14.9 Å². The summed E-state index contributed by atoms with van der Waals surface area (Å²) in [4.78, 5) is 69.0. The molecule has 2 fully saturated rings. The fraction of sp³-hybridized carbons (Fsp3) is 0.438. The lowest BCUT2D eigenvalue weighted by Gasteiger charge is -2.28. The number of aliphatic imine (C=N–C) groups is 1. The van der Waals surface area contributed by atoms with Crippen LogP contribution in [0.5, 0.6) is 0 Å². The summed E-state index contributed by atoms with van der Waals surface area (Å²) in [5, 5.41) is 10.4. The summed E-state index contributed by atoms with van der Waals surface area (Å²) in [6.07, 6.45) is 4.68. The molecule has 47 heavy (non-hydrogen) atoms. The Balaban J connectivity index is 1.38. The van der Waals surface area contributed by atoms with Gasteiger partial charge >= 0.3 is 0 Å². The topological polar surface area (TPSA) is 189 Å². The number of carbonyl (C=O) groups is 4. The Labute approximate surface area is 271 Å². The molecule has 2 aliphatic heterocycles. The zero-order chi connectivity index (χ0) is 33.5. The first-order valence-corrected chi connectivity index (χ1v) is 15.6. The van der Waals surface area contributed by atoms with Gasteiger partial charge < -0.3 is 24.4 Å². The number of aryl methyl sites for hydroxylation is 1. The van der Waals surface area contributed by atoms with E-state index in [2.05, 4.69) is 25.6 Å². The maximum Gasteiger partial charge on any atom is 0.271 e. The average Bonchev–Trinajstić information content (AvgIpc) is 3.64. The smallest absolute Gasteiger partial charge is 0.271 e. The van der Waals surface area contributed by atoms with Crippen LogP contribution in [0.4, 0.5) is 5.69 Å². The zero-order valence-corrected chi connectivity index (χ0v) is 26.7. The van der Waals surface area contributed by atoms with Gasteiger partial charge in [0.1, 0.15) is 23.1 Å². The van der Waals surface area contributed by atoms with Gasteiger partial charge in [-0.3, -0.25) is 29.5 Å². The molecule has 2 aliphatic rings. The molecule has 2 atom stereocenters. The van der Waals surface area contributed by atoms with E-state index in [0.717, 1.165) is 24.0 Å². The molecule has 15 nitrogen and oxygen atoms in total. The standard InChI is InChI=1S/C32H38N10O5/c1-20-15-22-16-23(10-12-27(22)47-20)36-32(38-29(44)21-9-11-25(34-17-21)30(45)40(2)3)37-26-8-4-5-13-41(31(26)46)19-28(43)42-14-6-7-24(42)18-35-39-33/h9-12,15-17,24,26H,4-8,13-14,18-19H2,1-3H3,(H2,36,37,38,44). The van der Waals surface area contributed by atoms with E-state index in [0.29, 0.717) is 43.6 Å². The second kappa shape index (κ2) is 14.8. The van der Waals surface area contributed by atoms with Crippen molar-refractivity contribution in [3.63, 3.8) is 0 Å². The summed E-state index contributed by atoms with van der Waals surface area (Å²) >= 11 is 0. The van der Waals surface area contributed by atoms with Crippen LogP contribution in [0.3, 0.4) is 0 Å². The highest BCUT2D eigenvalue weighted by molar-refractivity contribution is 6.11. The number of pyridine rings is 1. The molecular weight excluding hydrogens is 604 g/mol. The van der Waals surface area contributed by atoms with Gasteiger partial charge in [-0.05, 0) is 81.0 Å². The van der Waals surface area contributed by atoms with Crippen LogP contribution in [0.15, 0.2) is 57.1 Å². The number of fused-ring (bicyclic) bond motifs is 1. The first kappa shape index (κ1) is 32.9. The number of guanidine groups is 1. The number of azide groups is 1. The maximum atomic E-state index is 13.8. The van der Waals surface area contributed by atoms with Crippen molar-refractivity contribution in [3.05, 3.63) is 70.1 Å². The highest BCUT2D eigenvalue weighted by atomic mass is 16.3. The molecule has 1 aromatic carbocycles. The van der Waals surface area contributed by atoms with E-state index in [-0.39, 0.29) is 54.1 Å². The van der Waals surface area contributed by atoms with Gasteiger partial charge in [-0.1, -0.05) is 5.11 Å². The molecule has 3 aromatic rings. The van der Waals surface area contributed by atoms with Gasteiger partial charge in [0.15, 0.2) is 0 Å². The molecule has 2 N–H and O–H groups in total. The molecule has 0 aliphatic carbocycles. The first-order valence-electron chi connectivity index (χ1n) is 15.6. The molecule has 246 valence electrons. The van der Waals surface area contributed by atoms with Crippen molar-refractivity contribution in [2.45, 2.75) is 51.1 Å². The third-order valence-corrected chi connectivity index (χ3v) is 8.20. The number of rotatable bonds is 8. The Bertz CT molecular complexity index is 1730. The number of nitrogens with one attached hydrogen (secondary N) is 2. The van der Waals surface area contributed by atoms with E-state index in [1.54, 1.807) is 31.1 Å². The monoisotopic (exact) mass is 642 g/mol. The Morgan fingerprint density at radius 1 is 1.11 bits per heavy atom. The molecule has 0 spiro atoms. The molecule has 0 saturated carbocycles. The van der Waals surface area contributed by atoms with E-state index in [1.165, 1.54) is 28.1 Å². The van der Waals surface area contributed by atoms with Crippen molar-refractivity contribution in [1.29, 1.82) is 0 Å². The van der Waals surface area contributed by atoms with Crippen molar-refractivity contribution in [2.75, 3.05) is 45.6 Å².